The van der Waals surface area contributed by atoms with Gasteiger partial charge in [0.05, 0.1) is 10.4 Å². The second kappa shape index (κ2) is 5.59. The highest BCUT2D eigenvalue weighted by atomic mass is 35.5. The van der Waals surface area contributed by atoms with Crippen molar-refractivity contribution in [2.24, 2.45) is 0 Å². The molecule has 0 fully saturated rings. The van der Waals surface area contributed by atoms with Crippen LogP contribution in [-0.2, 0) is 6.42 Å². The summed E-state index contributed by atoms with van der Waals surface area (Å²) >= 11 is 19.0. The van der Waals surface area contributed by atoms with E-state index in [1.54, 1.807) is 12.1 Å². The Hall–Kier alpha value is -0.250. The molecule has 1 heterocycles. The third kappa shape index (κ3) is 3.36. The lowest BCUT2D eigenvalue weighted by atomic mass is 10.0. The van der Waals surface area contributed by atoms with Gasteiger partial charge in [0, 0.05) is 17.0 Å². The molecule has 1 nitrogen and oxygen atoms in total. The number of hydrogen-bond acceptors (Lipinski definition) is 2. The molecule has 1 unspecified atom stereocenters. The third-order valence-electron chi connectivity index (χ3n) is 2.36. The minimum absolute atomic E-state index is 0.466. The molecule has 1 aromatic carbocycles. The minimum Gasteiger partial charge on any atom is -0.388 e. The SMILES string of the molecule is OC(Cc1cccc(Cl)c1)c1cc(Cl)sc1Cl. The lowest BCUT2D eigenvalue weighted by Gasteiger charge is -2.09. The van der Waals surface area contributed by atoms with E-state index in [-0.39, 0.29) is 0 Å². The summed E-state index contributed by atoms with van der Waals surface area (Å²) in [6, 6.07) is 9.09. The summed E-state index contributed by atoms with van der Waals surface area (Å²) in [4.78, 5) is 0. The van der Waals surface area contributed by atoms with Gasteiger partial charge in [0.25, 0.3) is 0 Å². The summed E-state index contributed by atoms with van der Waals surface area (Å²) < 4.78 is 1.11. The molecule has 90 valence electrons. The molecule has 17 heavy (non-hydrogen) atoms. The van der Waals surface area contributed by atoms with E-state index in [1.165, 1.54) is 11.3 Å². The van der Waals surface area contributed by atoms with Crippen LogP contribution in [0.5, 0.6) is 0 Å². The van der Waals surface area contributed by atoms with Gasteiger partial charge in [-0.3, -0.25) is 0 Å². The first-order chi connectivity index (χ1) is 8.06. The topological polar surface area (TPSA) is 20.2 Å². The molecular weight excluding hydrogens is 299 g/mol. The fourth-order valence-corrected chi connectivity index (χ4v) is 3.36. The monoisotopic (exact) mass is 306 g/mol. The zero-order chi connectivity index (χ0) is 12.4. The Bertz CT molecular complexity index is 524. The van der Waals surface area contributed by atoms with Crippen LogP contribution in [0.25, 0.3) is 0 Å². The Morgan fingerprint density at radius 1 is 1.18 bits per heavy atom. The standard InChI is InChI=1S/C12H9Cl3OS/c13-8-3-1-2-7(4-8)5-10(16)9-6-11(14)17-12(9)15/h1-4,6,10,16H,5H2. The van der Waals surface area contributed by atoms with Gasteiger partial charge >= 0.3 is 0 Å². The number of thiophene rings is 1. The van der Waals surface area contributed by atoms with Crippen LogP contribution < -0.4 is 0 Å². The van der Waals surface area contributed by atoms with Crippen molar-refractivity contribution in [3.8, 4) is 0 Å². The van der Waals surface area contributed by atoms with Crippen LogP contribution in [0.4, 0.5) is 0 Å². The van der Waals surface area contributed by atoms with Crippen LogP contribution in [-0.4, -0.2) is 5.11 Å². The first-order valence-electron chi connectivity index (χ1n) is 4.93. The van der Waals surface area contributed by atoms with E-state index >= 15 is 0 Å². The largest absolute Gasteiger partial charge is 0.388 e. The lowest BCUT2D eigenvalue weighted by Crippen LogP contribution is -2.00. The predicted molar refractivity (Wildman–Crippen MR) is 74.5 cm³/mol. The van der Waals surface area contributed by atoms with Crippen molar-refractivity contribution in [2.45, 2.75) is 12.5 Å². The van der Waals surface area contributed by atoms with E-state index in [1.807, 2.05) is 18.2 Å². The molecule has 0 aliphatic carbocycles. The second-order valence-corrected chi connectivity index (χ2v) is 6.35. The minimum atomic E-state index is -0.662. The van der Waals surface area contributed by atoms with Gasteiger partial charge in [-0.2, -0.15) is 0 Å². The summed E-state index contributed by atoms with van der Waals surface area (Å²) in [7, 11) is 0. The number of rotatable bonds is 3. The average Bonchev–Trinajstić information content (AvgIpc) is 2.58. The maximum atomic E-state index is 10.1. The highest BCUT2D eigenvalue weighted by Crippen LogP contribution is 2.36. The number of aliphatic hydroxyl groups excluding tert-OH is 1. The molecule has 0 saturated carbocycles. The molecule has 1 atom stereocenters. The highest BCUT2D eigenvalue weighted by Gasteiger charge is 2.15. The fraction of sp³-hybridized carbons (Fsp3) is 0.167. The van der Waals surface area contributed by atoms with Crippen LogP contribution in [0.2, 0.25) is 13.7 Å². The number of aliphatic hydroxyl groups is 1. The molecular formula is C12H9Cl3OS. The predicted octanol–water partition coefficient (Wildman–Crippen LogP) is 4.98. The number of benzene rings is 1. The zero-order valence-electron chi connectivity index (χ0n) is 8.66. The van der Waals surface area contributed by atoms with Crippen molar-refractivity contribution in [3.05, 3.63) is 55.2 Å². The van der Waals surface area contributed by atoms with Crippen LogP contribution in [0, 0.1) is 0 Å². The number of halogens is 3. The summed E-state index contributed by atoms with van der Waals surface area (Å²) in [6.07, 6.45) is -0.197. The smallest absolute Gasteiger partial charge is 0.100 e. The molecule has 0 amide bonds. The normalized spacial score (nSPS) is 12.7. The summed E-state index contributed by atoms with van der Waals surface area (Å²) in [5.41, 5.74) is 1.63. The third-order valence-corrected chi connectivity index (χ3v) is 4.11. The van der Waals surface area contributed by atoms with Gasteiger partial charge < -0.3 is 5.11 Å². The molecule has 2 aromatic rings. The molecule has 1 N–H and O–H groups in total. The Morgan fingerprint density at radius 3 is 2.53 bits per heavy atom. The highest BCUT2D eigenvalue weighted by molar-refractivity contribution is 7.20. The first kappa shape index (κ1) is 13.2. The van der Waals surface area contributed by atoms with Crippen molar-refractivity contribution >= 4 is 46.1 Å². The van der Waals surface area contributed by atoms with E-state index in [0.29, 0.717) is 25.7 Å². The number of hydrogen-bond donors (Lipinski definition) is 1. The van der Waals surface area contributed by atoms with Gasteiger partial charge in [-0.15, -0.1) is 11.3 Å². The molecule has 0 aliphatic heterocycles. The van der Waals surface area contributed by atoms with Gasteiger partial charge in [0.1, 0.15) is 4.34 Å². The fourth-order valence-electron chi connectivity index (χ4n) is 1.58. The van der Waals surface area contributed by atoms with Crippen molar-refractivity contribution < 1.29 is 5.11 Å². The molecule has 0 saturated heterocycles. The van der Waals surface area contributed by atoms with Crippen molar-refractivity contribution in [1.82, 2.24) is 0 Å². The van der Waals surface area contributed by atoms with Gasteiger partial charge in [0.2, 0.25) is 0 Å². The van der Waals surface area contributed by atoms with Gasteiger partial charge in [-0.05, 0) is 23.8 Å². The molecule has 0 radical (unpaired) electrons. The van der Waals surface area contributed by atoms with Gasteiger partial charge in [-0.1, -0.05) is 46.9 Å². The Morgan fingerprint density at radius 2 is 1.94 bits per heavy atom. The van der Waals surface area contributed by atoms with Crippen LogP contribution >= 0.6 is 46.1 Å². The van der Waals surface area contributed by atoms with Crippen molar-refractivity contribution in [1.29, 1.82) is 0 Å². The van der Waals surface area contributed by atoms with Crippen molar-refractivity contribution in [2.75, 3.05) is 0 Å². The summed E-state index contributed by atoms with van der Waals surface area (Å²) in [6.45, 7) is 0. The molecule has 1 aromatic heterocycles. The molecule has 5 heteroatoms. The van der Waals surface area contributed by atoms with Gasteiger partial charge in [-0.25, -0.2) is 0 Å². The Balaban J connectivity index is 2.16. The lowest BCUT2D eigenvalue weighted by molar-refractivity contribution is 0.179. The molecule has 0 bridgehead atoms. The molecule has 0 spiro atoms. The average molecular weight is 308 g/mol. The maximum Gasteiger partial charge on any atom is 0.100 e. The summed E-state index contributed by atoms with van der Waals surface area (Å²) in [5.74, 6) is 0. The van der Waals surface area contributed by atoms with E-state index in [0.717, 1.165) is 5.56 Å². The Labute approximate surface area is 119 Å². The zero-order valence-corrected chi connectivity index (χ0v) is 11.7. The van der Waals surface area contributed by atoms with Crippen LogP contribution in [0.15, 0.2) is 30.3 Å². The van der Waals surface area contributed by atoms with E-state index in [4.69, 9.17) is 34.8 Å². The molecule has 2 rings (SSSR count). The van der Waals surface area contributed by atoms with Crippen LogP contribution in [0.1, 0.15) is 17.2 Å². The van der Waals surface area contributed by atoms with E-state index in [9.17, 15) is 5.11 Å². The quantitative estimate of drug-likeness (QED) is 0.847. The van der Waals surface area contributed by atoms with Gasteiger partial charge in [0.15, 0.2) is 0 Å². The summed E-state index contributed by atoms with van der Waals surface area (Å²) in [5, 5.41) is 10.7. The van der Waals surface area contributed by atoms with Crippen LogP contribution in [0.3, 0.4) is 0 Å². The second-order valence-electron chi connectivity index (χ2n) is 3.63. The Kier molecular flexibility index (Phi) is 4.34. The maximum absolute atomic E-state index is 10.1. The first-order valence-corrected chi connectivity index (χ1v) is 6.88. The molecule has 0 aliphatic rings. The van der Waals surface area contributed by atoms with E-state index in [2.05, 4.69) is 0 Å². The van der Waals surface area contributed by atoms with E-state index < -0.39 is 6.10 Å². The van der Waals surface area contributed by atoms with Crippen molar-refractivity contribution in [3.63, 3.8) is 0 Å².